The summed E-state index contributed by atoms with van der Waals surface area (Å²) in [5.74, 6) is -2.34. The van der Waals surface area contributed by atoms with Gasteiger partial charge in [-0.3, -0.25) is 4.79 Å². The van der Waals surface area contributed by atoms with E-state index in [0.29, 0.717) is 0 Å². The lowest BCUT2D eigenvalue weighted by molar-refractivity contribution is -0.300. The van der Waals surface area contributed by atoms with Crippen molar-refractivity contribution in [2.75, 3.05) is 24.6 Å². The highest BCUT2D eigenvalue weighted by molar-refractivity contribution is 6.16. The van der Waals surface area contributed by atoms with Crippen LogP contribution >= 0.6 is 0 Å². The van der Waals surface area contributed by atoms with E-state index in [1.54, 1.807) is 12.1 Å². The first-order valence-electron chi connectivity index (χ1n) is 14.5. The van der Waals surface area contributed by atoms with E-state index in [-0.39, 0.29) is 24.3 Å². The van der Waals surface area contributed by atoms with Gasteiger partial charge in [0.05, 0.1) is 0 Å². The third-order valence-electron chi connectivity index (χ3n) is 8.35. The molecule has 0 aromatic heterocycles. The fraction of sp³-hybridized carbons (Fsp3) is 0.394. The first-order chi connectivity index (χ1) is 20.7. The Labute approximate surface area is 250 Å². The zero-order valence-electron chi connectivity index (χ0n) is 24.0. The van der Waals surface area contributed by atoms with Gasteiger partial charge in [-0.1, -0.05) is 55.1 Å². The van der Waals surface area contributed by atoms with Crippen molar-refractivity contribution in [3.8, 4) is 0 Å². The maximum absolute atomic E-state index is 13.7. The molecule has 10 nitrogen and oxygen atoms in total. The molecule has 0 unspecified atom stereocenters. The fourth-order valence-corrected chi connectivity index (χ4v) is 6.07. The first-order valence-corrected chi connectivity index (χ1v) is 14.5. The Kier molecular flexibility index (Phi) is 9.26. The number of fused-ring (bicyclic) bond motifs is 1. The summed E-state index contributed by atoms with van der Waals surface area (Å²) >= 11 is 0. The van der Waals surface area contributed by atoms with Gasteiger partial charge < -0.3 is 40.1 Å². The average molecular weight is 591 g/mol. The van der Waals surface area contributed by atoms with Crippen LogP contribution in [0.3, 0.4) is 0 Å². The van der Waals surface area contributed by atoms with Crippen LogP contribution in [-0.4, -0.2) is 88.1 Å². The lowest BCUT2D eigenvalue weighted by Gasteiger charge is -2.44. The van der Waals surface area contributed by atoms with Crippen molar-refractivity contribution in [3.05, 3.63) is 90.5 Å². The highest BCUT2D eigenvalue weighted by atomic mass is 16.7. The molecule has 5 rings (SSSR count). The Bertz CT molecular complexity index is 1460. The quantitative estimate of drug-likeness (QED) is 0.109. The van der Waals surface area contributed by atoms with Crippen LogP contribution in [0, 0.1) is 0 Å². The summed E-state index contributed by atoms with van der Waals surface area (Å²) < 4.78 is 10.2. The Morgan fingerprint density at radius 1 is 1.07 bits per heavy atom. The third-order valence-corrected chi connectivity index (χ3v) is 8.35. The Hall–Kier alpha value is -3.64. The SMILES string of the molecule is C=CCOC(=O)[C@@]1(C(=O)c2ccc(N3CCC[C@H](N[C@H](C)c4cccc5ccccc45)C3)cc2)O[C@@H](O)[C@H](O)[C@@H](O)[C@@H]1O. The molecule has 43 heavy (non-hydrogen) atoms. The molecule has 0 aliphatic carbocycles. The maximum atomic E-state index is 13.7. The minimum absolute atomic E-state index is 0.00888. The van der Waals surface area contributed by atoms with E-state index in [1.165, 1.54) is 34.5 Å². The van der Waals surface area contributed by atoms with Crippen LogP contribution in [0.15, 0.2) is 79.4 Å². The number of ketones is 1. The summed E-state index contributed by atoms with van der Waals surface area (Å²) in [7, 11) is 0. The van der Waals surface area contributed by atoms with Crippen molar-refractivity contribution in [1.82, 2.24) is 5.32 Å². The molecule has 0 bridgehead atoms. The molecule has 0 spiro atoms. The summed E-state index contributed by atoms with van der Waals surface area (Å²) in [6.45, 7) is 6.89. The van der Waals surface area contributed by atoms with Gasteiger partial charge in [-0.15, -0.1) is 0 Å². The van der Waals surface area contributed by atoms with Gasteiger partial charge in [0.1, 0.15) is 24.9 Å². The van der Waals surface area contributed by atoms with Gasteiger partial charge >= 0.3 is 5.97 Å². The van der Waals surface area contributed by atoms with Gasteiger partial charge in [0, 0.05) is 36.4 Å². The number of rotatable bonds is 9. The highest BCUT2D eigenvalue weighted by Crippen LogP contribution is 2.35. The van der Waals surface area contributed by atoms with Crippen molar-refractivity contribution < 1.29 is 39.5 Å². The Morgan fingerprint density at radius 2 is 1.79 bits per heavy atom. The number of hydrogen-bond acceptors (Lipinski definition) is 10. The molecular formula is C33H38N2O8. The number of esters is 1. The summed E-state index contributed by atoms with van der Waals surface area (Å²) in [5.41, 5.74) is -0.691. The summed E-state index contributed by atoms with van der Waals surface area (Å²) in [4.78, 5) is 28.9. The van der Waals surface area contributed by atoms with E-state index in [0.717, 1.165) is 31.6 Å². The van der Waals surface area contributed by atoms with Gasteiger partial charge in [-0.05, 0) is 60.4 Å². The minimum Gasteiger partial charge on any atom is -0.459 e. The van der Waals surface area contributed by atoms with Gasteiger partial charge in [-0.25, -0.2) is 4.79 Å². The Morgan fingerprint density at radius 3 is 2.53 bits per heavy atom. The topological polar surface area (TPSA) is 149 Å². The predicted octanol–water partition coefficient (Wildman–Crippen LogP) is 2.24. The van der Waals surface area contributed by atoms with Crippen molar-refractivity contribution in [2.24, 2.45) is 0 Å². The number of aliphatic hydroxyl groups is 4. The molecule has 3 aromatic carbocycles. The second-order valence-electron chi connectivity index (χ2n) is 11.2. The van der Waals surface area contributed by atoms with Crippen LogP contribution in [0.5, 0.6) is 0 Å². The minimum atomic E-state index is -2.79. The molecule has 0 amide bonds. The van der Waals surface area contributed by atoms with Crippen LogP contribution in [0.1, 0.15) is 41.7 Å². The molecule has 10 heteroatoms. The number of aliphatic hydroxyl groups excluding tert-OH is 4. The van der Waals surface area contributed by atoms with Crippen LogP contribution < -0.4 is 10.2 Å². The molecule has 2 aliphatic heterocycles. The van der Waals surface area contributed by atoms with Crippen LogP contribution in [-0.2, 0) is 14.3 Å². The zero-order valence-corrected chi connectivity index (χ0v) is 24.0. The maximum Gasteiger partial charge on any atom is 0.350 e. The number of carbonyl (C=O) groups excluding carboxylic acids is 2. The second kappa shape index (κ2) is 12.9. The van der Waals surface area contributed by atoms with Crippen LogP contribution in [0.25, 0.3) is 10.8 Å². The normalized spacial score (nSPS) is 28.3. The van der Waals surface area contributed by atoms with E-state index in [9.17, 15) is 30.0 Å². The molecule has 2 fully saturated rings. The van der Waals surface area contributed by atoms with Crippen molar-refractivity contribution in [1.29, 1.82) is 0 Å². The first kappa shape index (κ1) is 30.8. The van der Waals surface area contributed by atoms with E-state index in [1.807, 2.05) is 6.07 Å². The van der Waals surface area contributed by atoms with E-state index in [4.69, 9.17) is 9.47 Å². The van der Waals surface area contributed by atoms with E-state index < -0.39 is 42.0 Å². The standard InChI is InChI=1S/C33H38N2O8/c1-3-18-42-32(41)33(30(39)27(36)28(37)31(40)43-33)29(38)22-13-15-24(16-14-22)35-17-7-10-23(19-35)34-20(2)25-12-6-9-21-8-4-5-11-26(21)25/h3-6,8-9,11-16,20,23,27-28,30-31,34,36-37,39-40H,1,7,10,17-19H2,2H3/t20-,23+,27-,28-,30+,31-,33+/m1/s1. The van der Waals surface area contributed by atoms with E-state index in [2.05, 4.69) is 60.1 Å². The van der Waals surface area contributed by atoms with Crippen molar-refractivity contribution in [3.63, 3.8) is 0 Å². The van der Waals surface area contributed by atoms with Crippen molar-refractivity contribution >= 4 is 28.2 Å². The summed E-state index contributed by atoms with van der Waals surface area (Å²) in [6, 6.07) is 21.5. The monoisotopic (exact) mass is 590 g/mol. The molecule has 0 radical (unpaired) electrons. The third kappa shape index (κ3) is 5.95. The summed E-state index contributed by atoms with van der Waals surface area (Å²) in [5, 5.41) is 47.4. The number of anilines is 1. The molecule has 5 N–H and O–H groups in total. The molecule has 2 aliphatic rings. The number of ether oxygens (including phenoxy) is 2. The van der Waals surface area contributed by atoms with Gasteiger partial charge in [0.25, 0.3) is 5.60 Å². The highest BCUT2D eigenvalue weighted by Gasteiger charge is 2.63. The number of Topliss-reactive ketones (excluding diaryl/α,β-unsaturated/α-hetero) is 1. The van der Waals surface area contributed by atoms with Gasteiger partial charge in [0.15, 0.2) is 6.29 Å². The number of benzene rings is 3. The number of nitrogens with one attached hydrogen (secondary N) is 1. The summed E-state index contributed by atoms with van der Waals surface area (Å²) in [6.07, 6.45) is -5.06. The number of nitrogens with zero attached hydrogens (tertiary/aromatic N) is 1. The lowest BCUT2D eigenvalue weighted by atomic mass is 9.80. The smallest absolute Gasteiger partial charge is 0.350 e. The molecule has 228 valence electrons. The second-order valence-corrected chi connectivity index (χ2v) is 11.2. The average Bonchev–Trinajstić information content (AvgIpc) is 3.03. The van der Waals surface area contributed by atoms with Crippen LogP contribution in [0.2, 0.25) is 0 Å². The predicted molar refractivity (Wildman–Crippen MR) is 161 cm³/mol. The number of carbonyl (C=O) groups is 2. The molecular weight excluding hydrogens is 552 g/mol. The largest absolute Gasteiger partial charge is 0.459 e. The van der Waals surface area contributed by atoms with E-state index >= 15 is 0 Å². The van der Waals surface area contributed by atoms with Gasteiger partial charge in [0.2, 0.25) is 5.78 Å². The number of hydrogen-bond donors (Lipinski definition) is 5. The van der Waals surface area contributed by atoms with Crippen molar-refractivity contribution in [2.45, 2.75) is 62.1 Å². The molecule has 7 atom stereocenters. The number of piperidine rings is 1. The Balaban J connectivity index is 1.32. The zero-order chi connectivity index (χ0) is 30.7. The fourth-order valence-electron chi connectivity index (χ4n) is 6.07. The molecule has 3 aromatic rings. The molecule has 2 saturated heterocycles. The van der Waals surface area contributed by atoms with Crippen LogP contribution in [0.4, 0.5) is 5.69 Å². The van der Waals surface area contributed by atoms with Gasteiger partial charge in [-0.2, -0.15) is 0 Å². The molecule has 2 heterocycles. The lowest BCUT2D eigenvalue weighted by Crippen LogP contribution is -2.71. The molecule has 0 saturated carbocycles.